The molecule has 1 saturated heterocycles. The molecule has 3 rings (SSSR count). The molecule has 156 valence electrons. The second-order valence-corrected chi connectivity index (χ2v) is 8.82. The monoisotopic (exact) mass is 434 g/mol. The van der Waals surface area contributed by atoms with Crippen molar-refractivity contribution >= 4 is 33.8 Å². The summed E-state index contributed by atoms with van der Waals surface area (Å²) in [7, 11) is -0.235. The van der Waals surface area contributed by atoms with Gasteiger partial charge in [0, 0.05) is 6.42 Å². The van der Waals surface area contributed by atoms with E-state index in [2.05, 4.69) is 15.0 Å². The van der Waals surface area contributed by atoms with E-state index in [9.17, 15) is 15.0 Å². The predicted octanol–water partition coefficient (Wildman–Crippen LogP) is -4.92. The van der Waals surface area contributed by atoms with Crippen molar-refractivity contribution in [2.24, 2.45) is 5.73 Å². The fraction of sp³-hybridized carbons (Fsp3) is 0.600. The van der Waals surface area contributed by atoms with Crippen molar-refractivity contribution in [3.8, 4) is 0 Å². The van der Waals surface area contributed by atoms with Gasteiger partial charge in [-0.25, -0.2) is 15.0 Å². The van der Waals surface area contributed by atoms with Crippen LogP contribution in [0.15, 0.2) is 12.7 Å². The molecule has 1 fully saturated rings. The number of carboxylic acids is 1. The molecule has 1 aliphatic heterocycles. The van der Waals surface area contributed by atoms with Crippen LogP contribution in [-0.2, 0) is 20.4 Å². The summed E-state index contributed by atoms with van der Waals surface area (Å²) in [5, 5.41) is 29.7. The van der Waals surface area contributed by atoms with Gasteiger partial charge in [0.25, 0.3) is 0 Å². The molecule has 28 heavy (non-hydrogen) atoms. The third-order valence-electron chi connectivity index (χ3n) is 4.54. The number of nitrogens with zero attached hydrogens (tertiary/aromatic N) is 4. The van der Waals surface area contributed by atoms with E-state index >= 15 is 0 Å². The fourth-order valence-electron chi connectivity index (χ4n) is 2.97. The third-order valence-corrected chi connectivity index (χ3v) is 6.37. The number of aromatic nitrogens is 4. The zero-order chi connectivity index (χ0) is 19.7. The van der Waals surface area contributed by atoms with Crippen molar-refractivity contribution in [3.63, 3.8) is 0 Å². The zero-order valence-corrected chi connectivity index (χ0v) is 16.6. The number of rotatable bonds is 7. The molecule has 0 radical (unpaired) electrons. The molecule has 3 heterocycles. The number of imidazole rings is 1. The molecule has 0 aliphatic carbocycles. The molecule has 13 heteroatoms. The highest BCUT2D eigenvalue weighted by Gasteiger charge is 2.46. The minimum Gasteiger partial charge on any atom is -1.00 e. The lowest BCUT2D eigenvalue weighted by molar-refractivity contribution is -0.138. The molecule has 0 saturated carbocycles. The van der Waals surface area contributed by atoms with Crippen molar-refractivity contribution in [2.75, 3.05) is 23.5 Å². The number of fused-ring (bicyclic) bond motifs is 1. The van der Waals surface area contributed by atoms with E-state index in [1.165, 1.54) is 17.2 Å². The van der Waals surface area contributed by atoms with Gasteiger partial charge in [-0.15, -0.1) is 0 Å². The molecule has 6 unspecified atom stereocenters. The number of aliphatic hydroxyl groups is 2. The number of hydrogen-bond donors (Lipinski definition) is 5. The van der Waals surface area contributed by atoms with E-state index in [0.29, 0.717) is 29.1 Å². The molecular weight excluding hydrogens is 412 g/mol. The first-order chi connectivity index (χ1) is 12.8. The van der Waals surface area contributed by atoms with Gasteiger partial charge in [0.1, 0.15) is 47.7 Å². The van der Waals surface area contributed by atoms with E-state index in [0.717, 1.165) is 0 Å². The van der Waals surface area contributed by atoms with Gasteiger partial charge in [0.2, 0.25) is 0 Å². The zero-order valence-electron chi connectivity index (χ0n) is 15.1. The summed E-state index contributed by atoms with van der Waals surface area (Å²) in [6, 6.07) is -0.907. The van der Waals surface area contributed by atoms with Crippen LogP contribution in [0.4, 0.5) is 5.82 Å². The number of anilines is 1. The number of hydrogen-bond acceptors (Lipinski definition) is 9. The first kappa shape index (κ1) is 22.6. The minimum absolute atomic E-state index is 0. The largest absolute Gasteiger partial charge is 1.00 e. The van der Waals surface area contributed by atoms with Gasteiger partial charge >= 0.3 is 5.97 Å². The Labute approximate surface area is 169 Å². The van der Waals surface area contributed by atoms with Crippen LogP contribution in [0.3, 0.4) is 0 Å². The Balaban J connectivity index is 0.00000280. The number of halogens is 1. The second kappa shape index (κ2) is 9.20. The van der Waals surface area contributed by atoms with Gasteiger partial charge < -0.3 is 43.9 Å². The first-order valence-electron chi connectivity index (χ1n) is 8.31. The van der Waals surface area contributed by atoms with Crippen LogP contribution in [-0.4, -0.2) is 82.9 Å². The van der Waals surface area contributed by atoms with E-state index in [1.807, 2.05) is 6.26 Å². The Bertz CT molecular complexity index is 825. The van der Waals surface area contributed by atoms with E-state index in [1.54, 1.807) is 0 Å². The van der Waals surface area contributed by atoms with Gasteiger partial charge in [0.15, 0.2) is 17.7 Å². The van der Waals surface area contributed by atoms with E-state index < -0.39 is 36.6 Å². The molecular formula is C15H23ClN6O5S. The number of aliphatic carboxylic acids is 1. The van der Waals surface area contributed by atoms with Crippen molar-refractivity contribution in [3.05, 3.63) is 12.7 Å². The molecule has 2 aromatic rings. The van der Waals surface area contributed by atoms with Crippen LogP contribution in [0.1, 0.15) is 12.6 Å². The van der Waals surface area contributed by atoms with Gasteiger partial charge in [-0.1, -0.05) is 0 Å². The summed E-state index contributed by atoms with van der Waals surface area (Å²) in [6.45, 7) is 0. The summed E-state index contributed by atoms with van der Waals surface area (Å²) < 4.78 is 7.41. The first-order valence-corrected chi connectivity index (χ1v) is 10.3. The van der Waals surface area contributed by atoms with Gasteiger partial charge in [-0.2, -0.15) is 0 Å². The number of aliphatic hydroxyl groups excluding tert-OH is 2. The number of carbonyl (C=O) groups is 1. The number of nitrogens with two attached hydrogens (primary N) is 2. The van der Waals surface area contributed by atoms with Crippen LogP contribution in [0, 0.1) is 0 Å². The molecule has 0 bridgehead atoms. The lowest BCUT2D eigenvalue weighted by Gasteiger charge is -2.16. The van der Waals surface area contributed by atoms with Gasteiger partial charge in [0.05, 0.1) is 12.6 Å². The molecule has 0 spiro atoms. The summed E-state index contributed by atoms with van der Waals surface area (Å²) >= 11 is 0. The quantitative estimate of drug-likeness (QED) is 0.265. The topological polar surface area (TPSA) is 183 Å². The Morgan fingerprint density at radius 3 is 2.75 bits per heavy atom. The van der Waals surface area contributed by atoms with Crippen molar-refractivity contribution in [1.82, 2.24) is 19.5 Å². The molecule has 0 aromatic carbocycles. The number of carboxylic acid groups (broad SMARTS) is 1. The molecule has 0 amide bonds. The van der Waals surface area contributed by atoms with Crippen molar-refractivity contribution in [1.29, 1.82) is 0 Å². The van der Waals surface area contributed by atoms with Crippen LogP contribution >= 0.6 is 0 Å². The highest BCUT2D eigenvalue weighted by molar-refractivity contribution is 7.96. The summed E-state index contributed by atoms with van der Waals surface area (Å²) in [5.74, 6) is 0.254. The van der Waals surface area contributed by atoms with Crippen molar-refractivity contribution < 1.29 is 37.3 Å². The number of ether oxygens (including phenoxy) is 1. The molecule has 6 atom stereocenters. The Hall–Kier alpha value is -1.70. The average Bonchev–Trinajstić information content (AvgIpc) is 3.17. The summed E-state index contributed by atoms with van der Waals surface area (Å²) in [4.78, 5) is 23.0. The lowest BCUT2D eigenvalue weighted by Crippen LogP contribution is -3.00. The highest BCUT2D eigenvalue weighted by atomic mass is 35.5. The maximum absolute atomic E-state index is 10.8. The minimum atomic E-state index is -1.16. The standard InChI is InChI=1S/C15H22N6O5S.ClH/c1-27(3-2-7(16)15(24)25)4-8-10(22)11(23)14(26-8)21-6-20-9-12(17)18-5-19-13(9)21;/h5-8,10-11,14,22-23H,2-4,16H2,1H3,(H2-,17,18,19,24,25);1H. The Kier molecular flexibility index (Phi) is 7.42. The molecule has 11 nitrogen and oxygen atoms in total. The van der Waals surface area contributed by atoms with Crippen LogP contribution in [0.5, 0.6) is 0 Å². The van der Waals surface area contributed by atoms with E-state index in [4.69, 9.17) is 21.3 Å². The second-order valence-electron chi connectivity index (χ2n) is 6.51. The van der Waals surface area contributed by atoms with Gasteiger partial charge in [-0.05, 0) is 10.9 Å². The fourth-order valence-corrected chi connectivity index (χ4v) is 4.63. The normalized spacial score (nSPS) is 26.7. The Morgan fingerprint density at radius 2 is 2.07 bits per heavy atom. The predicted molar refractivity (Wildman–Crippen MR) is 98.9 cm³/mol. The van der Waals surface area contributed by atoms with E-state index in [-0.39, 0.29) is 29.1 Å². The van der Waals surface area contributed by atoms with Gasteiger partial charge in [-0.3, -0.25) is 9.36 Å². The third kappa shape index (κ3) is 4.47. The average molecular weight is 435 g/mol. The summed E-state index contributed by atoms with van der Waals surface area (Å²) in [5.41, 5.74) is 12.1. The number of nitrogen functional groups attached to an aromatic ring is 1. The van der Waals surface area contributed by atoms with Crippen LogP contribution < -0.4 is 23.9 Å². The Morgan fingerprint density at radius 1 is 1.36 bits per heavy atom. The smallest absolute Gasteiger partial charge is 0.320 e. The van der Waals surface area contributed by atoms with Crippen LogP contribution in [0.25, 0.3) is 11.2 Å². The molecule has 7 N–H and O–H groups in total. The lowest BCUT2D eigenvalue weighted by atomic mass is 10.1. The van der Waals surface area contributed by atoms with Crippen LogP contribution in [0.2, 0.25) is 0 Å². The summed E-state index contributed by atoms with van der Waals surface area (Å²) in [6.07, 6.45) is 1.31. The van der Waals surface area contributed by atoms with Crippen molar-refractivity contribution in [2.45, 2.75) is 37.0 Å². The highest BCUT2D eigenvalue weighted by Crippen LogP contribution is 2.32. The maximum Gasteiger partial charge on any atom is 0.320 e. The SMILES string of the molecule is C[S+](CCC(N)C(=O)O)CC1OC(n2cnc3c(N)ncnc32)C(O)C1O.[Cl-]. The molecule has 1 aliphatic rings. The maximum atomic E-state index is 10.8. The molecule has 2 aromatic heterocycles.